The number of rotatable bonds is 8. The third kappa shape index (κ3) is 6.27. The molecule has 7 rings (SSSR count). The maximum Gasteiger partial charge on any atom is 0.0432 e. The van der Waals surface area contributed by atoms with Gasteiger partial charge in [-0.05, 0) is 117 Å². The van der Waals surface area contributed by atoms with E-state index in [1.54, 1.807) is 0 Å². The number of hydrogen-bond acceptors (Lipinski definition) is 3. The molecule has 1 atom stereocenters. The lowest BCUT2D eigenvalue weighted by Crippen LogP contribution is -1.95. The molecule has 0 N–H and O–H groups in total. The molecule has 0 saturated carbocycles. The molecule has 0 amide bonds. The first-order chi connectivity index (χ1) is 22.6. The van der Waals surface area contributed by atoms with Crippen molar-refractivity contribution in [2.24, 2.45) is 0 Å². The molecule has 0 fully saturated rings. The normalized spacial score (nSPS) is 11.7. The van der Waals surface area contributed by atoms with Crippen LogP contribution in [0.25, 0.3) is 66.8 Å². The molecule has 0 radical (unpaired) electrons. The highest BCUT2D eigenvalue weighted by molar-refractivity contribution is 5.85. The summed E-state index contributed by atoms with van der Waals surface area (Å²) in [6.45, 7) is 4.43. The summed E-state index contributed by atoms with van der Waals surface area (Å²) in [6.07, 6.45) is 10.6. The van der Waals surface area contributed by atoms with E-state index in [1.807, 2.05) is 43.1 Å². The van der Waals surface area contributed by atoms with Crippen molar-refractivity contribution in [3.63, 3.8) is 0 Å². The van der Waals surface area contributed by atoms with Gasteiger partial charge in [-0.2, -0.15) is 0 Å². The van der Waals surface area contributed by atoms with E-state index in [0.717, 1.165) is 73.3 Å². The van der Waals surface area contributed by atoms with Crippen LogP contribution in [0.3, 0.4) is 0 Å². The molecule has 222 valence electrons. The van der Waals surface area contributed by atoms with Crippen LogP contribution in [0.2, 0.25) is 0 Å². The summed E-state index contributed by atoms with van der Waals surface area (Å²) in [5, 5.41) is 0. The van der Waals surface area contributed by atoms with E-state index in [0.29, 0.717) is 5.92 Å². The van der Waals surface area contributed by atoms with Gasteiger partial charge in [-0.1, -0.05) is 86.6 Å². The van der Waals surface area contributed by atoms with Crippen LogP contribution in [0.5, 0.6) is 0 Å². The molecular weight excluding hydrogens is 558 g/mol. The number of pyridine rings is 3. The lowest BCUT2D eigenvalue weighted by Gasteiger charge is -2.14. The summed E-state index contributed by atoms with van der Waals surface area (Å²) in [5.41, 5.74) is 14.9. The van der Waals surface area contributed by atoms with Crippen LogP contribution in [0.1, 0.15) is 31.9 Å². The second-order valence-corrected chi connectivity index (χ2v) is 11.8. The first-order valence-electron chi connectivity index (χ1n) is 15.9. The van der Waals surface area contributed by atoms with Gasteiger partial charge in [0.1, 0.15) is 0 Å². The molecule has 0 spiro atoms. The summed E-state index contributed by atoms with van der Waals surface area (Å²) in [6, 6.07) is 45.7. The molecule has 3 heterocycles. The van der Waals surface area contributed by atoms with Gasteiger partial charge in [0.05, 0.1) is 0 Å². The number of benzene rings is 4. The fourth-order valence-electron chi connectivity index (χ4n) is 5.91. The van der Waals surface area contributed by atoms with Crippen LogP contribution in [-0.2, 0) is 0 Å². The smallest absolute Gasteiger partial charge is 0.0432 e. The highest BCUT2D eigenvalue weighted by Crippen LogP contribution is 2.36. The zero-order chi connectivity index (χ0) is 31.3. The molecule has 0 aliphatic heterocycles. The van der Waals surface area contributed by atoms with Crippen molar-refractivity contribution in [2.45, 2.75) is 26.2 Å². The molecule has 0 bridgehead atoms. The Morgan fingerprint density at radius 3 is 1.13 bits per heavy atom. The van der Waals surface area contributed by atoms with Gasteiger partial charge < -0.3 is 0 Å². The Bertz CT molecular complexity index is 1980. The van der Waals surface area contributed by atoms with Crippen molar-refractivity contribution < 1.29 is 0 Å². The summed E-state index contributed by atoms with van der Waals surface area (Å²) in [7, 11) is 0. The minimum Gasteiger partial charge on any atom is -0.264 e. The average molecular weight is 594 g/mol. The van der Waals surface area contributed by atoms with Crippen LogP contribution < -0.4 is 0 Å². The fourth-order valence-corrected chi connectivity index (χ4v) is 5.91. The predicted molar refractivity (Wildman–Crippen MR) is 191 cm³/mol. The van der Waals surface area contributed by atoms with Gasteiger partial charge in [0.15, 0.2) is 0 Å². The lowest BCUT2D eigenvalue weighted by molar-refractivity contribution is 0.708. The molecule has 46 heavy (non-hydrogen) atoms. The van der Waals surface area contributed by atoms with Crippen LogP contribution in [0, 0.1) is 0 Å². The van der Waals surface area contributed by atoms with Crippen LogP contribution in [0.4, 0.5) is 0 Å². The Morgan fingerprint density at radius 2 is 0.783 bits per heavy atom. The molecule has 0 aliphatic rings. The predicted octanol–water partition coefficient (Wildman–Crippen LogP) is 11.4. The first kappa shape index (κ1) is 29.1. The average Bonchev–Trinajstić information content (AvgIpc) is 3.15. The van der Waals surface area contributed by atoms with E-state index < -0.39 is 0 Å². The largest absolute Gasteiger partial charge is 0.264 e. The molecule has 3 heteroatoms. The van der Waals surface area contributed by atoms with Crippen LogP contribution in [-0.4, -0.2) is 15.0 Å². The molecule has 3 aromatic heterocycles. The molecule has 0 aliphatic carbocycles. The second-order valence-electron chi connectivity index (χ2n) is 11.8. The Labute approximate surface area is 271 Å². The van der Waals surface area contributed by atoms with E-state index in [1.165, 1.54) is 5.56 Å². The zero-order valence-electron chi connectivity index (χ0n) is 26.1. The first-order valence-corrected chi connectivity index (χ1v) is 15.9. The Kier molecular flexibility index (Phi) is 8.30. The van der Waals surface area contributed by atoms with Gasteiger partial charge in [0.2, 0.25) is 0 Å². The summed E-state index contributed by atoms with van der Waals surface area (Å²) in [5.74, 6) is 0.454. The zero-order valence-corrected chi connectivity index (χ0v) is 26.1. The SMILES string of the molecule is CCC(C)c1ccc(-c2cccc(-c3cc(-c4cccc(-c5cccnc5)c4)cc(-c4cccc(-c5cccnc5)c4)c3)c2)cn1. The maximum absolute atomic E-state index is 4.79. The molecular formula is C43H35N3. The van der Waals surface area contributed by atoms with Crippen molar-refractivity contribution in [1.29, 1.82) is 0 Å². The van der Waals surface area contributed by atoms with Crippen molar-refractivity contribution in [1.82, 2.24) is 15.0 Å². The van der Waals surface area contributed by atoms with E-state index in [4.69, 9.17) is 4.98 Å². The van der Waals surface area contributed by atoms with Gasteiger partial charge in [0, 0.05) is 53.4 Å². The van der Waals surface area contributed by atoms with E-state index in [-0.39, 0.29) is 0 Å². The standard InChI is InChI=1S/C43H35N3/c1-3-30(2)43-18-17-39(29-46-43)33-11-6-14-36(23-33)42-25-40(34-12-4-9-31(21-34)37-15-7-19-44-27-37)24-41(26-42)35-13-5-10-32(22-35)38-16-8-20-45-28-38/h4-30H,3H2,1-2H3. The summed E-state index contributed by atoms with van der Waals surface area (Å²) in [4.78, 5) is 13.5. The molecule has 7 aromatic rings. The van der Waals surface area contributed by atoms with Crippen molar-refractivity contribution in [3.05, 3.63) is 164 Å². The van der Waals surface area contributed by atoms with Gasteiger partial charge in [-0.3, -0.25) is 15.0 Å². The summed E-state index contributed by atoms with van der Waals surface area (Å²) >= 11 is 0. The third-order valence-corrected chi connectivity index (χ3v) is 8.75. The molecule has 1 unspecified atom stereocenters. The minimum absolute atomic E-state index is 0.454. The number of nitrogens with zero attached hydrogens (tertiary/aromatic N) is 3. The van der Waals surface area contributed by atoms with E-state index in [9.17, 15) is 0 Å². The number of hydrogen-bond donors (Lipinski definition) is 0. The topological polar surface area (TPSA) is 38.7 Å². The van der Waals surface area contributed by atoms with Crippen molar-refractivity contribution in [3.8, 4) is 66.8 Å². The minimum atomic E-state index is 0.454. The van der Waals surface area contributed by atoms with Gasteiger partial charge in [-0.15, -0.1) is 0 Å². The van der Waals surface area contributed by atoms with Gasteiger partial charge in [-0.25, -0.2) is 0 Å². The third-order valence-electron chi connectivity index (χ3n) is 8.75. The van der Waals surface area contributed by atoms with Gasteiger partial charge in [0.25, 0.3) is 0 Å². The summed E-state index contributed by atoms with van der Waals surface area (Å²) < 4.78 is 0. The van der Waals surface area contributed by atoms with Crippen LogP contribution >= 0.6 is 0 Å². The molecule has 0 saturated heterocycles. The van der Waals surface area contributed by atoms with Crippen LogP contribution in [0.15, 0.2) is 158 Å². The molecule has 3 nitrogen and oxygen atoms in total. The Morgan fingerprint density at radius 1 is 0.413 bits per heavy atom. The van der Waals surface area contributed by atoms with E-state index >= 15 is 0 Å². The molecule has 4 aromatic carbocycles. The fraction of sp³-hybridized carbons (Fsp3) is 0.0930. The Balaban J connectivity index is 1.34. The second kappa shape index (κ2) is 13.1. The van der Waals surface area contributed by atoms with Crippen molar-refractivity contribution >= 4 is 0 Å². The Hall–Kier alpha value is -5.67. The maximum atomic E-state index is 4.79. The quantitative estimate of drug-likeness (QED) is 0.176. The highest BCUT2D eigenvalue weighted by atomic mass is 14.7. The van der Waals surface area contributed by atoms with Crippen molar-refractivity contribution in [2.75, 3.05) is 0 Å². The lowest BCUT2D eigenvalue weighted by atomic mass is 9.90. The number of aromatic nitrogens is 3. The monoisotopic (exact) mass is 593 g/mol. The highest BCUT2D eigenvalue weighted by Gasteiger charge is 2.12. The van der Waals surface area contributed by atoms with Gasteiger partial charge >= 0.3 is 0 Å². The van der Waals surface area contributed by atoms with E-state index in [2.05, 4.69) is 139 Å².